The molecule has 0 aromatic heterocycles. The highest BCUT2D eigenvalue weighted by atomic mass is 16.4. The standard InChI is InChI=1S/C15H27N3O3/c1-16(2)10-12-5-8-17(9-6-12)15(21)18-7-3-4-13(11-18)14(19)20/h12-13H,3-11H2,1-2H3,(H,19,20)/t13-/m1/s1. The van der Waals surface area contributed by atoms with Gasteiger partial charge in [0.05, 0.1) is 5.92 Å². The van der Waals surface area contributed by atoms with Crippen LogP contribution in [0.25, 0.3) is 0 Å². The van der Waals surface area contributed by atoms with E-state index in [9.17, 15) is 9.59 Å². The fourth-order valence-electron chi connectivity index (χ4n) is 3.38. The number of likely N-dealkylation sites (tertiary alicyclic amines) is 2. The van der Waals surface area contributed by atoms with E-state index in [0.29, 0.717) is 25.4 Å². The van der Waals surface area contributed by atoms with Crippen molar-refractivity contribution in [3.8, 4) is 0 Å². The van der Waals surface area contributed by atoms with Crippen LogP contribution in [-0.4, -0.2) is 78.6 Å². The number of amides is 2. The Balaban J connectivity index is 1.82. The number of carboxylic acids is 1. The highest BCUT2D eigenvalue weighted by molar-refractivity contribution is 5.76. The minimum absolute atomic E-state index is 0.0317. The monoisotopic (exact) mass is 297 g/mol. The third-order valence-corrected chi connectivity index (χ3v) is 4.55. The minimum atomic E-state index is -0.780. The SMILES string of the molecule is CN(C)CC1CCN(C(=O)N2CCC[C@@H](C(=O)O)C2)CC1. The maximum absolute atomic E-state index is 12.5. The average molecular weight is 297 g/mol. The Morgan fingerprint density at radius 1 is 1.10 bits per heavy atom. The van der Waals surface area contributed by atoms with Gasteiger partial charge in [-0.3, -0.25) is 4.79 Å². The Morgan fingerprint density at radius 3 is 2.33 bits per heavy atom. The zero-order valence-electron chi connectivity index (χ0n) is 13.1. The maximum atomic E-state index is 12.5. The summed E-state index contributed by atoms with van der Waals surface area (Å²) < 4.78 is 0. The molecule has 0 unspecified atom stereocenters. The Labute approximate surface area is 126 Å². The van der Waals surface area contributed by atoms with E-state index in [0.717, 1.165) is 38.9 Å². The van der Waals surface area contributed by atoms with Crippen LogP contribution in [0.5, 0.6) is 0 Å². The molecule has 0 bridgehead atoms. The lowest BCUT2D eigenvalue weighted by molar-refractivity contribution is -0.143. The first kappa shape index (κ1) is 16.1. The average Bonchev–Trinajstić information content (AvgIpc) is 2.47. The van der Waals surface area contributed by atoms with Gasteiger partial charge in [-0.25, -0.2) is 4.79 Å². The number of urea groups is 1. The predicted molar refractivity (Wildman–Crippen MR) is 80.2 cm³/mol. The molecule has 2 saturated heterocycles. The number of hydrogen-bond donors (Lipinski definition) is 1. The third kappa shape index (κ3) is 4.33. The van der Waals surface area contributed by atoms with Gasteiger partial charge < -0.3 is 19.8 Å². The Bertz CT molecular complexity index is 378. The number of carboxylic acid groups (broad SMARTS) is 1. The summed E-state index contributed by atoms with van der Waals surface area (Å²) in [6.45, 7) is 3.73. The lowest BCUT2D eigenvalue weighted by atomic mass is 9.96. The summed E-state index contributed by atoms with van der Waals surface area (Å²) in [6.07, 6.45) is 3.56. The van der Waals surface area contributed by atoms with Crippen LogP contribution in [0.4, 0.5) is 4.79 Å². The van der Waals surface area contributed by atoms with E-state index in [1.54, 1.807) is 4.90 Å². The van der Waals surface area contributed by atoms with E-state index >= 15 is 0 Å². The number of rotatable bonds is 3. The van der Waals surface area contributed by atoms with Crippen molar-refractivity contribution >= 4 is 12.0 Å². The first-order chi connectivity index (χ1) is 9.97. The number of carbonyl (C=O) groups excluding carboxylic acids is 1. The molecular formula is C15H27N3O3. The lowest BCUT2D eigenvalue weighted by Gasteiger charge is -2.38. The Kier molecular flexibility index (Phi) is 5.45. The van der Waals surface area contributed by atoms with Gasteiger partial charge in [0, 0.05) is 32.7 Å². The zero-order chi connectivity index (χ0) is 15.4. The molecule has 0 radical (unpaired) electrons. The van der Waals surface area contributed by atoms with Crippen molar-refractivity contribution in [3.63, 3.8) is 0 Å². The molecule has 2 amide bonds. The normalized spacial score (nSPS) is 24.4. The van der Waals surface area contributed by atoms with Gasteiger partial charge in [0.25, 0.3) is 0 Å². The van der Waals surface area contributed by atoms with Crippen LogP contribution in [0.2, 0.25) is 0 Å². The topological polar surface area (TPSA) is 64.1 Å². The van der Waals surface area contributed by atoms with Crippen molar-refractivity contribution in [1.29, 1.82) is 0 Å². The van der Waals surface area contributed by atoms with Gasteiger partial charge in [-0.15, -0.1) is 0 Å². The molecule has 0 aromatic rings. The van der Waals surface area contributed by atoms with Gasteiger partial charge in [0.15, 0.2) is 0 Å². The predicted octanol–water partition coefficient (Wildman–Crippen LogP) is 1.18. The third-order valence-electron chi connectivity index (χ3n) is 4.55. The van der Waals surface area contributed by atoms with Gasteiger partial charge >= 0.3 is 12.0 Å². The summed E-state index contributed by atoms with van der Waals surface area (Å²) >= 11 is 0. The molecule has 21 heavy (non-hydrogen) atoms. The van der Waals surface area contributed by atoms with E-state index in [1.165, 1.54) is 0 Å². The molecular weight excluding hydrogens is 270 g/mol. The summed E-state index contributed by atoms with van der Waals surface area (Å²) in [5.41, 5.74) is 0. The van der Waals surface area contributed by atoms with Crippen molar-refractivity contribution in [2.24, 2.45) is 11.8 Å². The molecule has 0 aromatic carbocycles. The zero-order valence-corrected chi connectivity index (χ0v) is 13.1. The molecule has 2 heterocycles. The Hall–Kier alpha value is -1.30. The molecule has 0 spiro atoms. The first-order valence-electron chi connectivity index (χ1n) is 7.88. The fourth-order valence-corrected chi connectivity index (χ4v) is 3.38. The molecule has 6 nitrogen and oxygen atoms in total. The molecule has 2 fully saturated rings. The van der Waals surface area contributed by atoms with Crippen LogP contribution in [0.3, 0.4) is 0 Å². The van der Waals surface area contributed by atoms with Crippen LogP contribution < -0.4 is 0 Å². The van der Waals surface area contributed by atoms with Crippen LogP contribution in [0.1, 0.15) is 25.7 Å². The van der Waals surface area contributed by atoms with Crippen molar-refractivity contribution in [2.45, 2.75) is 25.7 Å². The number of aliphatic carboxylic acids is 1. The summed E-state index contributed by atoms with van der Waals surface area (Å²) in [7, 11) is 4.16. The van der Waals surface area contributed by atoms with Gasteiger partial charge in [-0.1, -0.05) is 0 Å². The van der Waals surface area contributed by atoms with Gasteiger partial charge in [-0.2, -0.15) is 0 Å². The second kappa shape index (κ2) is 7.11. The molecule has 1 atom stereocenters. The van der Waals surface area contributed by atoms with Gasteiger partial charge in [-0.05, 0) is 45.7 Å². The van der Waals surface area contributed by atoms with Crippen LogP contribution >= 0.6 is 0 Å². The van der Waals surface area contributed by atoms with E-state index in [1.807, 2.05) is 4.90 Å². The highest BCUT2D eigenvalue weighted by Crippen LogP contribution is 2.22. The highest BCUT2D eigenvalue weighted by Gasteiger charge is 2.32. The smallest absolute Gasteiger partial charge is 0.320 e. The quantitative estimate of drug-likeness (QED) is 0.849. The van der Waals surface area contributed by atoms with E-state index in [-0.39, 0.29) is 6.03 Å². The molecule has 6 heteroatoms. The second-order valence-electron chi connectivity index (χ2n) is 6.60. The first-order valence-corrected chi connectivity index (χ1v) is 7.88. The molecule has 120 valence electrons. The number of hydrogen-bond acceptors (Lipinski definition) is 3. The van der Waals surface area contributed by atoms with Crippen molar-refractivity contribution in [3.05, 3.63) is 0 Å². The van der Waals surface area contributed by atoms with Crippen molar-refractivity contribution < 1.29 is 14.7 Å². The van der Waals surface area contributed by atoms with Crippen LogP contribution in [-0.2, 0) is 4.79 Å². The number of carbonyl (C=O) groups is 2. The number of nitrogens with zero attached hydrogens (tertiary/aromatic N) is 3. The lowest BCUT2D eigenvalue weighted by Crippen LogP contribution is -2.51. The van der Waals surface area contributed by atoms with Gasteiger partial charge in [0.2, 0.25) is 0 Å². The van der Waals surface area contributed by atoms with Crippen molar-refractivity contribution in [2.75, 3.05) is 46.8 Å². The Morgan fingerprint density at radius 2 is 1.76 bits per heavy atom. The summed E-state index contributed by atoms with van der Waals surface area (Å²) in [6, 6.07) is 0.0317. The van der Waals surface area contributed by atoms with Gasteiger partial charge in [0.1, 0.15) is 0 Å². The minimum Gasteiger partial charge on any atom is -0.481 e. The second-order valence-corrected chi connectivity index (χ2v) is 6.60. The van der Waals surface area contributed by atoms with E-state index in [2.05, 4.69) is 19.0 Å². The molecule has 0 aliphatic carbocycles. The molecule has 0 saturated carbocycles. The van der Waals surface area contributed by atoms with Crippen LogP contribution in [0, 0.1) is 11.8 Å². The molecule has 1 N–H and O–H groups in total. The fraction of sp³-hybridized carbons (Fsp3) is 0.867. The van der Waals surface area contributed by atoms with Crippen LogP contribution in [0.15, 0.2) is 0 Å². The summed E-state index contributed by atoms with van der Waals surface area (Å²) in [4.78, 5) is 29.4. The van der Waals surface area contributed by atoms with E-state index in [4.69, 9.17) is 5.11 Å². The maximum Gasteiger partial charge on any atom is 0.320 e. The molecule has 2 aliphatic heterocycles. The van der Waals surface area contributed by atoms with Crippen molar-refractivity contribution in [1.82, 2.24) is 14.7 Å². The summed E-state index contributed by atoms with van der Waals surface area (Å²) in [5.74, 6) is -0.511. The molecule has 2 aliphatic rings. The summed E-state index contributed by atoms with van der Waals surface area (Å²) in [5, 5.41) is 9.11. The largest absolute Gasteiger partial charge is 0.481 e. The van der Waals surface area contributed by atoms with E-state index < -0.39 is 11.9 Å². The number of piperidine rings is 2. The molecule has 2 rings (SSSR count).